The number of methoxy groups -OCH3 is 1. The molecule has 1 saturated heterocycles. The van der Waals surface area contributed by atoms with Crippen molar-refractivity contribution in [3.05, 3.63) is 58.2 Å². The standard InChI is InChI=1S/C28H33F3N4O3/c1-16(19-6-5-9-23(25(19)29)28(30,31)15-36)32-27-22-12-24(35-10-11-38-18(13-35)14-37-3)20-7-4-8-21(20)26(22)33-17(2)34-27/h5-6,9,12,16,18,36H,4,7-8,10-11,13-15H2,1-3H3,(H,32,33,34)/t16-,18-/m1/s1. The SMILES string of the molecule is COC[C@H]1CN(c2cc3c(N[C@H](C)c4cccc(C(F)(F)CO)c4F)nc(C)nc3c3c2CCC3)CCO1. The molecule has 0 unspecified atom stereocenters. The molecule has 38 heavy (non-hydrogen) atoms. The van der Waals surface area contributed by atoms with E-state index < -0.39 is 30.0 Å². The molecule has 2 heterocycles. The van der Waals surface area contributed by atoms with Crippen LogP contribution >= 0.6 is 0 Å². The number of aliphatic hydroxyl groups is 1. The molecule has 2 aliphatic rings. The third kappa shape index (κ3) is 4.92. The fourth-order valence-corrected chi connectivity index (χ4v) is 5.61. The highest BCUT2D eigenvalue weighted by Crippen LogP contribution is 2.40. The Balaban J connectivity index is 1.56. The van der Waals surface area contributed by atoms with E-state index >= 15 is 4.39 Å². The summed E-state index contributed by atoms with van der Waals surface area (Å²) in [4.78, 5) is 11.7. The molecule has 1 aliphatic carbocycles. The number of aromatic nitrogens is 2. The Hall–Kier alpha value is -2.95. The highest BCUT2D eigenvalue weighted by Gasteiger charge is 2.35. The van der Waals surface area contributed by atoms with Crippen LogP contribution in [-0.4, -0.2) is 61.2 Å². The normalized spacial score (nSPS) is 18.6. The second-order valence-electron chi connectivity index (χ2n) is 10.1. The molecular weight excluding hydrogens is 497 g/mol. The third-order valence-electron chi connectivity index (χ3n) is 7.42. The van der Waals surface area contributed by atoms with Gasteiger partial charge in [0.05, 0.1) is 36.4 Å². The summed E-state index contributed by atoms with van der Waals surface area (Å²) in [5.41, 5.74) is 3.71. The molecule has 3 aromatic rings. The molecule has 2 N–H and O–H groups in total. The van der Waals surface area contributed by atoms with E-state index in [-0.39, 0.29) is 11.7 Å². The van der Waals surface area contributed by atoms with Gasteiger partial charge in [-0.25, -0.2) is 14.4 Å². The fraction of sp³-hybridized carbons (Fsp3) is 0.500. The Labute approximate surface area is 220 Å². The number of alkyl halides is 2. The lowest BCUT2D eigenvalue weighted by Crippen LogP contribution is -2.44. The maximum atomic E-state index is 15.2. The van der Waals surface area contributed by atoms with Gasteiger partial charge in [0.1, 0.15) is 24.1 Å². The Kier molecular flexibility index (Phi) is 7.48. The topological polar surface area (TPSA) is 79.7 Å². The zero-order valence-electron chi connectivity index (χ0n) is 21.9. The summed E-state index contributed by atoms with van der Waals surface area (Å²) in [6, 6.07) is 5.26. The van der Waals surface area contributed by atoms with Gasteiger partial charge in [-0.05, 0) is 56.4 Å². The summed E-state index contributed by atoms with van der Waals surface area (Å²) in [6.07, 6.45) is 2.88. The van der Waals surface area contributed by atoms with Crippen molar-refractivity contribution in [3.8, 4) is 0 Å². The van der Waals surface area contributed by atoms with E-state index in [9.17, 15) is 8.78 Å². The second-order valence-corrected chi connectivity index (χ2v) is 10.1. The van der Waals surface area contributed by atoms with E-state index in [4.69, 9.17) is 19.6 Å². The van der Waals surface area contributed by atoms with E-state index in [0.717, 1.165) is 48.5 Å². The highest BCUT2D eigenvalue weighted by molar-refractivity contribution is 5.96. The monoisotopic (exact) mass is 530 g/mol. The quantitative estimate of drug-likeness (QED) is 0.438. The Morgan fingerprint density at radius 1 is 1.26 bits per heavy atom. The van der Waals surface area contributed by atoms with Crippen molar-refractivity contribution in [2.75, 3.05) is 50.2 Å². The predicted octanol–water partition coefficient (Wildman–Crippen LogP) is 4.67. The molecule has 7 nitrogen and oxygen atoms in total. The van der Waals surface area contributed by atoms with Crippen LogP contribution in [0.4, 0.5) is 24.7 Å². The number of ether oxygens (including phenoxy) is 2. The van der Waals surface area contributed by atoms with E-state index in [1.54, 1.807) is 14.0 Å². The Bertz CT molecular complexity index is 1330. The first-order chi connectivity index (χ1) is 18.2. The van der Waals surface area contributed by atoms with Crippen LogP contribution in [0.2, 0.25) is 0 Å². The molecule has 0 spiro atoms. The molecular formula is C28H33F3N4O3. The second kappa shape index (κ2) is 10.7. The smallest absolute Gasteiger partial charge is 0.298 e. The summed E-state index contributed by atoms with van der Waals surface area (Å²) < 4.78 is 54.7. The number of aliphatic hydroxyl groups excluding tert-OH is 1. The van der Waals surface area contributed by atoms with Crippen LogP contribution in [-0.2, 0) is 28.2 Å². The van der Waals surface area contributed by atoms with Crippen molar-refractivity contribution >= 4 is 22.4 Å². The summed E-state index contributed by atoms with van der Waals surface area (Å²) in [5.74, 6) is -3.62. The van der Waals surface area contributed by atoms with Crippen molar-refractivity contribution in [2.24, 2.45) is 0 Å². The van der Waals surface area contributed by atoms with Gasteiger partial charge in [0.2, 0.25) is 0 Å². The molecule has 0 radical (unpaired) electrons. The number of rotatable bonds is 8. The number of nitrogens with one attached hydrogen (secondary N) is 1. The third-order valence-corrected chi connectivity index (χ3v) is 7.42. The van der Waals surface area contributed by atoms with Crippen LogP contribution in [0.5, 0.6) is 0 Å². The minimum absolute atomic E-state index is 0.0271. The molecule has 10 heteroatoms. The Morgan fingerprint density at radius 2 is 2.05 bits per heavy atom. The van der Waals surface area contributed by atoms with Crippen molar-refractivity contribution in [1.29, 1.82) is 0 Å². The van der Waals surface area contributed by atoms with Crippen LogP contribution in [0.1, 0.15) is 47.5 Å². The molecule has 0 amide bonds. The number of fused-ring (bicyclic) bond motifs is 3. The van der Waals surface area contributed by atoms with Crippen LogP contribution < -0.4 is 10.2 Å². The molecule has 0 bridgehead atoms. The first kappa shape index (κ1) is 26.6. The van der Waals surface area contributed by atoms with Gasteiger partial charge in [0, 0.05) is 36.8 Å². The summed E-state index contributed by atoms with van der Waals surface area (Å²) in [5, 5.41) is 13.2. The minimum atomic E-state index is -3.67. The molecule has 5 rings (SSSR count). The number of nitrogens with zero attached hydrogens (tertiary/aromatic N) is 3. The largest absolute Gasteiger partial charge is 0.390 e. The molecule has 204 valence electrons. The first-order valence-corrected chi connectivity index (χ1v) is 13.0. The average molecular weight is 531 g/mol. The van der Waals surface area contributed by atoms with Gasteiger partial charge in [0.15, 0.2) is 0 Å². The van der Waals surface area contributed by atoms with E-state index in [2.05, 4.69) is 21.3 Å². The number of anilines is 2. The van der Waals surface area contributed by atoms with Crippen molar-refractivity contribution < 1.29 is 27.8 Å². The van der Waals surface area contributed by atoms with Gasteiger partial charge in [-0.2, -0.15) is 8.78 Å². The molecule has 1 fully saturated rings. The number of hydrogen-bond donors (Lipinski definition) is 2. The van der Waals surface area contributed by atoms with Gasteiger partial charge in [-0.15, -0.1) is 0 Å². The molecule has 1 aliphatic heterocycles. The zero-order valence-corrected chi connectivity index (χ0v) is 21.9. The summed E-state index contributed by atoms with van der Waals surface area (Å²) in [6.45, 7) is 4.61. The van der Waals surface area contributed by atoms with Gasteiger partial charge >= 0.3 is 0 Å². The average Bonchev–Trinajstić information content (AvgIpc) is 3.39. The number of morpholine rings is 1. The first-order valence-electron chi connectivity index (χ1n) is 13.0. The lowest BCUT2D eigenvalue weighted by molar-refractivity contribution is -0.0583. The predicted molar refractivity (Wildman–Crippen MR) is 140 cm³/mol. The minimum Gasteiger partial charge on any atom is -0.390 e. The van der Waals surface area contributed by atoms with Gasteiger partial charge in [-0.3, -0.25) is 0 Å². The van der Waals surface area contributed by atoms with Gasteiger partial charge in [0.25, 0.3) is 5.92 Å². The van der Waals surface area contributed by atoms with Crippen LogP contribution in [0, 0.1) is 12.7 Å². The zero-order chi connectivity index (χ0) is 27.0. The number of hydrogen-bond acceptors (Lipinski definition) is 7. The van der Waals surface area contributed by atoms with Crippen molar-refractivity contribution in [3.63, 3.8) is 0 Å². The lowest BCUT2D eigenvalue weighted by Gasteiger charge is -2.35. The van der Waals surface area contributed by atoms with Gasteiger partial charge < -0.3 is 24.8 Å². The molecule has 2 aromatic carbocycles. The summed E-state index contributed by atoms with van der Waals surface area (Å²) >= 11 is 0. The Morgan fingerprint density at radius 3 is 2.82 bits per heavy atom. The maximum absolute atomic E-state index is 15.2. The van der Waals surface area contributed by atoms with Crippen LogP contribution in [0.25, 0.3) is 10.9 Å². The van der Waals surface area contributed by atoms with Crippen molar-refractivity contribution in [2.45, 2.75) is 51.2 Å². The fourth-order valence-electron chi connectivity index (χ4n) is 5.61. The molecule has 1 aromatic heterocycles. The lowest BCUT2D eigenvalue weighted by atomic mass is 9.99. The van der Waals surface area contributed by atoms with E-state index in [1.807, 2.05) is 6.92 Å². The number of benzene rings is 2. The molecule has 2 atom stereocenters. The van der Waals surface area contributed by atoms with E-state index in [0.29, 0.717) is 31.4 Å². The summed E-state index contributed by atoms with van der Waals surface area (Å²) in [7, 11) is 1.66. The number of halogens is 3. The maximum Gasteiger partial charge on any atom is 0.298 e. The number of aryl methyl sites for hydroxylation is 2. The van der Waals surface area contributed by atoms with E-state index in [1.165, 1.54) is 23.3 Å². The molecule has 0 saturated carbocycles. The van der Waals surface area contributed by atoms with Gasteiger partial charge in [-0.1, -0.05) is 12.1 Å². The van der Waals surface area contributed by atoms with Crippen molar-refractivity contribution in [1.82, 2.24) is 9.97 Å². The highest BCUT2D eigenvalue weighted by atomic mass is 19.3. The van der Waals surface area contributed by atoms with Crippen LogP contribution in [0.3, 0.4) is 0 Å². The van der Waals surface area contributed by atoms with Crippen LogP contribution in [0.15, 0.2) is 24.3 Å².